The van der Waals surface area contributed by atoms with Gasteiger partial charge in [0.05, 0.1) is 16.1 Å². The molecule has 0 bridgehead atoms. The molecule has 2 N–H and O–H groups in total. The summed E-state index contributed by atoms with van der Waals surface area (Å²) in [6, 6.07) is 18.9. The first kappa shape index (κ1) is 28.3. The van der Waals surface area contributed by atoms with E-state index < -0.39 is 25.1 Å². The molecule has 14 heteroatoms. The predicted octanol–water partition coefficient (Wildman–Crippen LogP) is 3.07. The van der Waals surface area contributed by atoms with Gasteiger partial charge in [0.2, 0.25) is 0 Å². The molecule has 0 fully saturated rings. The summed E-state index contributed by atoms with van der Waals surface area (Å²) >= 11 is 0.965. The van der Waals surface area contributed by atoms with Crippen molar-refractivity contribution >= 4 is 75.5 Å². The van der Waals surface area contributed by atoms with E-state index in [1.165, 1.54) is 30.3 Å². The van der Waals surface area contributed by atoms with E-state index in [9.17, 15) is 25.9 Å². The Balaban J connectivity index is 0.00000336. The molecule has 188 valence electrons. The zero-order valence-electron chi connectivity index (χ0n) is 20.0. The molecule has 1 heterocycles. The number of fused-ring (bicyclic) bond motifs is 2. The van der Waals surface area contributed by atoms with E-state index in [-0.39, 0.29) is 44.8 Å². The van der Waals surface area contributed by atoms with Gasteiger partial charge in [0.1, 0.15) is 15.0 Å². The second kappa shape index (κ2) is 10.8. The average Bonchev–Trinajstić information content (AvgIpc) is 3.25. The summed E-state index contributed by atoms with van der Waals surface area (Å²) in [5.41, 5.74) is 2.86. The second-order valence-corrected chi connectivity index (χ2v) is 11.6. The van der Waals surface area contributed by atoms with Gasteiger partial charge in [-0.2, -0.15) is 12.8 Å². The molecule has 1 aromatic heterocycles. The second-order valence-electron chi connectivity index (χ2n) is 8.05. The van der Waals surface area contributed by atoms with Gasteiger partial charge in [-0.3, -0.25) is 4.55 Å². The topological polar surface area (TPSA) is 161 Å². The standard InChI is InChI=1S/C24H18N4O6S3.Na/c1-14-5-2-3-7-18(14)25-21-12-11-19(16-6-4-8-22(23(16)21)37(32,33)34)26-27-24-17-13-15(36(29,30)31)9-10-20(17)28-35-24;/h2-13,25H,1H3,(H,29,30,31)(H,32,33,34);/q;+1/p-1. The number of anilines is 2. The summed E-state index contributed by atoms with van der Waals surface area (Å²) in [6.45, 7) is 1.90. The fraction of sp³-hybridized carbons (Fsp3) is 0.0417. The van der Waals surface area contributed by atoms with E-state index in [1.54, 1.807) is 18.2 Å². The Labute approximate surface area is 244 Å². The maximum atomic E-state index is 12.2. The van der Waals surface area contributed by atoms with E-state index >= 15 is 0 Å². The van der Waals surface area contributed by atoms with E-state index in [2.05, 4.69) is 19.9 Å². The SMILES string of the molecule is Cc1ccccc1Nc1ccc(N=Nc2snc3ccc(S(=O)(=O)[O-])cc23)c2cccc(S(=O)(=O)O)c12.[Na+]. The molecule has 0 radical (unpaired) electrons. The molecule has 10 nitrogen and oxygen atoms in total. The number of rotatable bonds is 6. The molecule has 0 aliphatic heterocycles. The summed E-state index contributed by atoms with van der Waals surface area (Å²) in [6.07, 6.45) is 0. The number of nitrogens with zero attached hydrogens (tertiary/aromatic N) is 3. The molecule has 0 saturated heterocycles. The molecule has 5 aromatic rings. The Bertz CT molecular complexity index is 1940. The molecule has 0 aliphatic carbocycles. The van der Waals surface area contributed by atoms with Crippen molar-refractivity contribution < 1.29 is 55.5 Å². The molecule has 0 amide bonds. The normalized spacial score (nSPS) is 12.2. The maximum Gasteiger partial charge on any atom is 1.00 e. The third kappa shape index (κ3) is 5.65. The molecule has 0 spiro atoms. The summed E-state index contributed by atoms with van der Waals surface area (Å²) in [4.78, 5) is -0.710. The van der Waals surface area contributed by atoms with Crippen molar-refractivity contribution in [2.75, 3.05) is 5.32 Å². The average molecular weight is 577 g/mol. The van der Waals surface area contributed by atoms with Crippen LogP contribution in [-0.2, 0) is 20.2 Å². The largest absolute Gasteiger partial charge is 1.00 e. The van der Waals surface area contributed by atoms with Crippen molar-refractivity contribution in [3.8, 4) is 0 Å². The molecule has 4 aromatic carbocycles. The van der Waals surface area contributed by atoms with E-state index in [0.717, 1.165) is 22.8 Å². The van der Waals surface area contributed by atoms with Crippen molar-refractivity contribution in [2.45, 2.75) is 16.7 Å². The number of benzene rings is 4. The Morgan fingerprint density at radius 1 is 0.895 bits per heavy atom. The molecular weight excluding hydrogens is 559 g/mol. The van der Waals surface area contributed by atoms with Crippen LogP contribution < -0.4 is 34.9 Å². The van der Waals surface area contributed by atoms with Crippen LogP contribution in [-0.4, -0.2) is 30.3 Å². The number of nitrogens with one attached hydrogen (secondary N) is 1. The summed E-state index contributed by atoms with van der Waals surface area (Å²) in [5, 5.41) is 12.9. The molecule has 0 atom stereocenters. The Kier molecular flexibility index (Phi) is 8.02. The first-order valence-electron chi connectivity index (χ1n) is 10.7. The van der Waals surface area contributed by atoms with Crippen LogP contribution in [0, 0.1) is 6.92 Å². The Hall–Kier alpha value is -2.75. The molecule has 0 saturated carbocycles. The number of hydrogen-bond acceptors (Lipinski definition) is 10. The molecule has 0 unspecified atom stereocenters. The minimum atomic E-state index is -4.67. The van der Waals surface area contributed by atoms with E-state index in [4.69, 9.17) is 0 Å². The van der Waals surface area contributed by atoms with Crippen LogP contribution in [0.15, 0.2) is 92.8 Å². The number of para-hydroxylation sites is 1. The fourth-order valence-electron chi connectivity index (χ4n) is 3.86. The third-order valence-electron chi connectivity index (χ3n) is 5.64. The van der Waals surface area contributed by atoms with Gasteiger partial charge in [-0.05, 0) is 66.5 Å². The minimum absolute atomic E-state index is 0. The van der Waals surface area contributed by atoms with Gasteiger partial charge >= 0.3 is 29.6 Å². The third-order valence-corrected chi connectivity index (χ3v) is 8.13. The number of aromatic nitrogens is 1. The Morgan fingerprint density at radius 3 is 2.37 bits per heavy atom. The first-order chi connectivity index (χ1) is 17.5. The van der Waals surface area contributed by atoms with Crippen molar-refractivity contribution in [3.63, 3.8) is 0 Å². The van der Waals surface area contributed by atoms with Crippen LogP contribution in [0.25, 0.3) is 21.7 Å². The van der Waals surface area contributed by atoms with Crippen molar-refractivity contribution in [1.82, 2.24) is 4.37 Å². The fourth-order valence-corrected chi connectivity index (χ4v) is 5.77. The molecular formula is C24H17N4NaO6S3. The van der Waals surface area contributed by atoms with Crippen LogP contribution in [0.2, 0.25) is 0 Å². The zero-order valence-corrected chi connectivity index (χ0v) is 24.4. The number of azo groups is 1. The first-order valence-corrected chi connectivity index (χ1v) is 14.3. The quantitative estimate of drug-likeness (QED) is 0.177. The summed E-state index contributed by atoms with van der Waals surface area (Å²) in [7, 11) is -9.25. The number of aryl methyl sites for hydroxylation is 1. The van der Waals surface area contributed by atoms with Gasteiger partial charge < -0.3 is 9.87 Å². The van der Waals surface area contributed by atoms with Crippen molar-refractivity contribution in [2.24, 2.45) is 10.2 Å². The number of hydrogen-bond donors (Lipinski definition) is 2. The van der Waals surface area contributed by atoms with Crippen molar-refractivity contribution in [1.29, 1.82) is 0 Å². The molecule has 38 heavy (non-hydrogen) atoms. The Morgan fingerprint density at radius 2 is 1.66 bits per heavy atom. The van der Waals surface area contributed by atoms with Crippen LogP contribution >= 0.6 is 11.5 Å². The maximum absolute atomic E-state index is 12.2. The van der Waals surface area contributed by atoms with Crippen LogP contribution in [0.1, 0.15) is 5.56 Å². The molecule has 5 rings (SSSR count). The van der Waals surface area contributed by atoms with Gasteiger partial charge in [0.25, 0.3) is 10.1 Å². The van der Waals surface area contributed by atoms with Gasteiger partial charge in [-0.25, -0.2) is 8.42 Å². The minimum Gasteiger partial charge on any atom is -0.744 e. The van der Waals surface area contributed by atoms with Crippen molar-refractivity contribution in [3.05, 3.63) is 78.4 Å². The monoisotopic (exact) mass is 576 g/mol. The van der Waals surface area contributed by atoms with Gasteiger partial charge in [0, 0.05) is 27.5 Å². The smallest absolute Gasteiger partial charge is 0.744 e. The van der Waals surface area contributed by atoms with Crippen LogP contribution in [0.5, 0.6) is 0 Å². The van der Waals surface area contributed by atoms with Gasteiger partial charge in [-0.1, -0.05) is 30.3 Å². The van der Waals surface area contributed by atoms with Gasteiger partial charge in [0.15, 0.2) is 5.00 Å². The van der Waals surface area contributed by atoms with E-state index in [1.807, 2.05) is 31.2 Å². The summed E-state index contributed by atoms with van der Waals surface area (Å²) < 4.78 is 72.9. The predicted molar refractivity (Wildman–Crippen MR) is 140 cm³/mol. The molecule has 0 aliphatic rings. The van der Waals surface area contributed by atoms with Crippen LogP contribution in [0.4, 0.5) is 22.1 Å². The summed E-state index contributed by atoms with van der Waals surface area (Å²) in [5.74, 6) is 0. The van der Waals surface area contributed by atoms with Gasteiger partial charge in [-0.15, -0.1) is 10.2 Å². The van der Waals surface area contributed by atoms with Crippen LogP contribution in [0.3, 0.4) is 0 Å². The van der Waals surface area contributed by atoms with E-state index in [0.29, 0.717) is 27.7 Å². The zero-order chi connectivity index (χ0) is 26.4.